The molecule has 3 heterocycles. The zero-order chi connectivity index (χ0) is 18.5. The fourth-order valence-electron chi connectivity index (χ4n) is 3.54. The Morgan fingerprint density at radius 2 is 2.08 bits per heavy atom. The van der Waals surface area contributed by atoms with E-state index in [0.717, 1.165) is 43.0 Å². The molecule has 0 bridgehead atoms. The molecule has 1 saturated carbocycles. The van der Waals surface area contributed by atoms with E-state index in [1.165, 1.54) is 6.26 Å². The summed E-state index contributed by atoms with van der Waals surface area (Å²) in [7, 11) is -3.36. The topological polar surface area (TPSA) is 93.4 Å². The summed E-state index contributed by atoms with van der Waals surface area (Å²) in [6, 6.07) is 1.88. The highest BCUT2D eigenvalue weighted by Crippen LogP contribution is 2.42. The number of amides is 1. The molecule has 2 aromatic heterocycles. The monoisotopic (exact) mass is 395 g/mol. The maximum atomic E-state index is 13.0. The van der Waals surface area contributed by atoms with Gasteiger partial charge in [-0.25, -0.2) is 8.42 Å². The first-order valence-corrected chi connectivity index (χ1v) is 11.4. The minimum Gasteiger partial charge on any atom is -0.465 e. The summed E-state index contributed by atoms with van der Waals surface area (Å²) in [6.45, 7) is 2.94. The molecule has 1 atom stereocenters. The number of carbonyl (C=O) groups excluding carboxylic acids is 1. The number of aromatic nitrogens is 2. The number of furan rings is 1. The third-order valence-electron chi connectivity index (χ3n) is 5.06. The van der Waals surface area contributed by atoms with Crippen LogP contribution >= 0.6 is 11.5 Å². The van der Waals surface area contributed by atoms with E-state index in [9.17, 15) is 13.2 Å². The van der Waals surface area contributed by atoms with E-state index in [1.807, 2.05) is 13.0 Å². The molecule has 26 heavy (non-hydrogen) atoms. The van der Waals surface area contributed by atoms with Gasteiger partial charge in [0.05, 0.1) is 11.3 Å². The van der Waals surface area contributed by atoms with Gasteiger partial charge in [0.15, 0.2) is 14.0 Å². The van der Waals surface area contributed by atoms with Crippen molar-refractivity contribution >= 4 is 27.3 Å². The van der Waals surface area contributed by atoms with Gasteiger partial charge in [0.25, 0.3) is 5.91 Å². The molecule has 2 fully saturated rings. The van der Waals surface area contributed by atoms with Gasteiger partial charge in [-0.05, 0) is 38.7 Å². The third kappa shape index (κ3) is 3.29. The second-order valence-corrected chi connectivity index (χ2v) is 10.2. The maximum absolute atomic E-state index is 13.0. The van der Waals surface area contributed by atoms with E-state index >= 15 is 0 Å². The Hall–Kier alpha value is -1.74. The van der Waals surface area contributed by atoms with Crippen LogP contribution in [0, 0.1) is 6.92 Å². The lowest BCUT2D eigenvalue weighted by molar-refractivity contribution is 0.0703. The summed E-state index contributed by atoms with van der Waals surface area (Å²) in [6.07, 6.45) is 5.03. The number of rotatable bonds is 4. The Morgan fingerprint density at radius 1 is 1.31 bits per heavy atom. The SMILES string of the molecule is Cc1oc(C2CC2)cc1C(=O)N1CCCC(c2nnsc2S(C)(=O)=O)C1. The molecular weight excluding hydrogens is 374 g/mol. The van der Waals surface area contributed by atoms with Crippen LogP contribution in [0.1, 0.15) is 65.1 Å². The molecule has 0 N–H and O–H groups in total. The summed E-state index contributed by atoms with van der Waals surface area (Å²) in [4.78, 5) is 14.8. The molecule has 4 rings (SSSR count). The number of nitrogens with zero attached hydrogens (tertiary/aromatic N) is 3. The van der Waals surface area contributed by atoms with Gasteiger partial charge in [-0.1, -0.05) is 4.49 Å². The van der Waals surface area contributed by atoms with Crippen LogP contribution < -0.4 is 0 Å². The van der Waals surface area contributed by atoms with Gasteiger partial charge in [-0.15, -0.1) is 5.10 Å². The number of aryl methyl sites for hydroxylation is 1. The molecule has 2 aromatic rings. The Morgan fingerprint density at radius 3 is 2.77 bits per heavy atom. The molecule has 9 heteroatoms. The second-order valence-electron chi connectivity index (χ2n) is 7.20. The predicted molar refractivity (Wildman–Crippen MR) is 96.3 cm³/mol. The average molecular weight is 396 g/mol. The van der Waals surface area contributed by atoms with Crippen LogP contribution in [0.3, 0.4) is 0 Å². The number of sulfone groups is 1. The Kier molecular flexibility index (Phi) is 4.38. The number of hydrogen-bond acceptors (Lipinski definition) is 7. The van der Waals surface area contributed by atoms with Gasteiger partial charge >= 0.3 is 0 Å². The maximum Gasteiger partial charge on any atom is 0.257 e. The van der Waals surface area contributed by atoms with E-state index in [4.69, 9.17) is 4.42 Å². The Balaban J connectivity index is 1.55. The first-order valence-electron chi connectivity index (χ1n) is 8.76. The normalized spacial score (nSPS) is 21.2. The van der Waals surface area contributed by atoms with E-state index in [2.05, 4.69) is 9.59 Å². The van der Waals surface area contributed by atoms with E-state index in [-0.39, 0.29) is 16.0 Å². The van der Waals surface area contributed by atoms with Crippen molar-refractivity contribution in [3.05, 3.63) is 28.8 Å². The molecule has 1 unspecified atom stereocenters. The highest BCUT2D eigenvalue weighted by Gasteiger charge is 2.34. The van der Waals surface area contributed by atoms with Gasteiger partial charge in [-0.3, -0.25) is 4.79 Å². The zero-order valence-corrected chi connectivity index (χ0v) is 16.4. The summed E-state index contributed by atoms with van der Waals surface area (Å²) in [5.74, 6) is 1.87. The standard InChI is InChI=1S/C17H21N3O4S2/c1-10-13(8-14(24-10)11-5-6-11)16(21)20-7-3-4-12(9-20)15-17(25-19-18-15)26(2,22)23/h8,11-12H,3-7,9H2,1-2H3. The summed E-state index contributed by atoms with van der Waals surface area (Å²) in [5, 5.41) is 4.06. The molecule has 0 radical (unpaired) electrons. The first-order chi connectivity index (χ1) is 12.3. The lowest BCUT2D eigenvalue weighted by Crippen LogP contribution is -2.39. The van der Waals surface area contributed by atoms with Crippen LogP contribution in [0.4, 0.5) is 0 Å². The second kappa shape index (κ2) is 6.45. The van der Waals surface area contributed by atoms with Crippen molar-refractivity contribution in [2.45, 2.75) is 48.7 Å². The van der Waals surface area contributed by atoms with E-state index in [1.54, 1.807) is 4.90 Å². The van der Waals surface area contributed by atoms with Crippen LogP contribution in [-0.4, -0.2) is 48.2 Å². The molecule has 1 aliphatic heterocycles. The molecular formula is C17H21N3O4S2. The van der Waals surface area contributed by atoms with Gasteiger partial charge < -0.3 is 9.32 Å². The van der Waals surface area contributed by atoms with Crippen LogP contribution in [0.2, 0.25) is 0 Å². The predicted octanol–water partition coefficient (Wildman–Crippen LogP) is 2.74. The van der Waals surface area contributed by atoms with Crippen molar-refractivity contribution in [3.8, 4) is 0 Å². The third-order valence-corrected chi connectivity index (χ3v) is 7.61. The van der Waals surface area contributed by atoms with Crippen LogP contribution in [0.25, 0.3) is 0 Å². The summed E-state index contributed by atoms with van der Waals surface area (Å²) < 4.78 is 33.7. The average Bonchev–Trinajstić information content (AvgIpc) is 3.18. The zero-order valence-electron chi connectivity index (χ0n) is 14.8. The summed E-state index contributed by atoms with van der Waals surface area (Å²) >= 11 is 0.905. The minimum atomic E-state index is -3.36. The van der Waals surface area contributed by atoms with Crippen molar-refractivity contribution in [2.75, 3.05) is 19.3 Å². The van der Waals surface area contributed by atoms with Crippen LogP contribution in [-0.2, 0) is 9.84 Å². The highest BCUT2D eigenvalue weighted by molar-refractivity contribution is 7.92. The fraction of sp³-hybridized carbons (Fsp3) is 0.588. The Bertz CT molecular complexity index is 943. The number of carbonyl (C=O) groups is 1. The first kappa shape index (κ1) is 17.7. The van der Waals surface area contributed by atoms with Crippen molar-refractivity contribution in [1.82, 2.24) is 14.5 Å². The molecule has 140 valence electrons. The van der Waals surface area contributed by atoms with E-state index < -0.39 is 9.84 Å². The molecule has 0 aromatic carbocycles. The van der Waals surface area contributed by atoms with Crippen molar-refractivity contribution in [1.29, 1.82) is 0 Å². The quantitative estimate of drug-likeness (QED) is 0.790. The van der Waals surface area contributed by atoms with Crippen molar-refractivity contribution in [2.24, 2.45) is 0 Å². The number of hydrogen-bond donors (Lipinski definition) is 0. The molecule has 1 amide bonds. The minimum absolute atomic E-state index is 0.0491. The smallest absolute Gasteiger partial charge is 0.257 e. The van der Waals surface area contributed by atoms with Crippen molar-refractivity contribution < 1.29 is 17.6 Å². The molecule has 7 nitrogen and oxygen atoms in total. The molecule has 1 saturated heterocycles. The lowest BCUT2D eigenvalue weighted by Gasteiger charge is -2.32. The van der Waals surface area contributed by atoms with Gasteiger partial charge in [0.1, 0.15) is 11.5 Å². The van der Waals surface area contributed by atoms with Crippen LogP contribution in [0.15, 0.2) is 14.7 Å². The van der Waals surface area contributed by atoms with Gasteiger partial charge in [-0.2, -0.15) is 0 Å². The molecule has 2 aliphatic rings. The van der Waals surface area contributed by atoms with Gasteiger partial charge in [0, 0.05) is 42.7 Å². The summed E-state index contributed by atoms with van der Waals surface area (Å²) in [5.41, 5.74) is 1.12. The number of likely N-dealkylation sites (tertiary alicyclic amines) is 1. The fourth-order valence-corrected chi connectivity index (χ4v) is 5.27. The Labute approximate surface area is 156 Å². The molecule has 1 aliphatic carbocycles. The lowest BCUT2D eigenvalue weighted by atomic mass is 9.95. The van der Waals surface area contributed by atoms with Crippen LogP contribution in [0.5, 0.6) is 0 Å². The van der Waals surface area contributed by atoms with Crippen molar-refractivity contribution in [3.63, 3.8) is 0 Å². The highest BCUT2D eigenvalue weighted by atomic mass is 32.2. The molecule has 0 spiro atoms. The largest absolute Gasteiger partial charge is 0.465 e. The van der Waals surface area contributed by atoms with Gasteiger partial charge in [0.2, 0.25) is 0 Å². The number of piperidine rings is 1. The van der Waals surface area contributed by atoms with E-state index in [0.29, 0.717) is 36.0 Å².